The zero-order chi connectivity index (χ0) is 20.8. The van der Waals surface area contributed by atoms with Crippen molar-refractivity contribution in [1.29, 1.82) is 0 Å². The molecule has 0 unspecified atom stereocenters. The number of unbranched alkanes of at least 4 members (excludes halogenated alkanes) is 9. The lowest BCUT2D eigenvalue weighted by Gasteiger charge is -2.23. The van der Waals surface area contributed by atoms with Crippen LogP contribution < -0.4 is 0 Å². The van der Waals surface area contributed by atoms with E-state index in [0.29, 0.717) is 18.7 Å². The van der Waals surface area contributed by atoms with E-state index in [1.165, 1.54) is 50.7 Å². The molecule has 0 aromatic heterocycles. The molecule has 2 nitrogen and oxygen atoms in total. The highest BCUT2D eigenvalue weighted by atomic mass is 19.4. The van der Waals surface area contributed by atoms with Crippen molar-refractivity contribution in [3.63, 3.8) is 0 Å². The lowest BCUT2D eigenvalue weighted by atomic mass is 10.1. The first kappa shape index (κ1) is 24.5. The highest BCUT2D eigenvalue weighted by Crippen LogP contribution is 2.29. The van der Waals surface area contributed by atoms with E-state index >= 15 is 0 Å². The molecule has 0 saturated heterocycles. The van der Waals surface area contributed by atoms with E-state index in [4.69, 9.17) is 0 Å². The van der Waals surface area contributed by atoms with Crippen molar-refractivity contribution in [1.82, 2.24) is 4.90 Å². The van der Waals surface area contributed by atoms with Gasteiger partial charge < -0.3 is 4.90 Å². The standard InChI is InChI=1S/C23H36F3NO/c1-3-5-7-9-11-13-19-27(18-12-10-8-6-4-2)22(28)20-14-16-21(17-15-20)23(24,25)26/h14-17H,3-13,18-19H2,1-2H3. The van der Waals surface area contributed by atoms with Crippen LogP contribution in [0.2, 0.25) is 0 Å². The van der Waals surface area contributed by atoms with Crippen molar-refractivity contribution in [3.05, 3.63) is 35.4 Å². The molecule has 1 aromatic rings. The van der Waals surface area contributed by atoms with Crippen LogP contribution in [0.15, 0.2) is 24.3 Å². The zero-order valence-electron chi connectivity index (χ0n) is 17.5. The Morgan fingerprint density at radius 3 is 1.61 bits per heavy atom. The highest BCUT2D eigenvalue weighted by Gasteiger charge is 2.30. The Bertz CT molecular complexity index is 540. The molecule has 0 N–H and O–H groups in total. The largest absolute Gasteiger partial charge is 0.416 e. The number of hydrogen-bond donors (Lipinski definition) is 0. The Kier molecular flexibility index (Phi) is 11.9. The van der Waals surface area contributed by atoms with E-state index in [1.54, 1.807) is 0 Å². The van der Waals surface area contributed by atoms with Gasteiger partial charge >= 0.3 is 6.18 Å². The lowest BCUT2D eigenvalue weighted by Crippen LogP contribution is -2.33. The summed E-state index contributed by atoms with van der Waals surface area (Å²) in [5, 5.41) is 0. The Morgan fingerprint density at radius 2 is 1.18 bits per heavy atom. The predicted octanol–water partition coefficient (Wildman–Crippen LogP) is 7.48. The smallest absolute Gasteiger partial charge is 0.339 e. The van der Waals surface area contributed by atoms with Crippen LogP contribution in [0.4, 0.5) is 13.2 Å². The van der Waals surface area contributed by atoms with Crippen LogP contribution >= 0.6 is 0 Å². The first-order chi connectivity index (χ1) is 13.4. The monoisotopic (exact) mass is 399 g/mol. The van der Waals surface area contributed by atoms with E-state index in [0.717, 1.165) is 44.2 Å². The molecule has 28 heavy (non-hydrogen) atoms. The second kappa shape index (κ2) is 13.6. The third-order valence-corrected chi connectivity index (χ3v) is 5.06. The van der Waals surface area contributed by atoms with Gasteiger partial charge in [0.1, 0.15) is 0 Å². The summed E-state index contributed by atoms with van der Waals surface area (Å²) in [6, 6.07) is 4.60. The Labute approximate surface area is 168 Å². The van der Waals surface area contributed by atoms with Crippen molar-refractivity contribution >= 4 is 5.91 Å². The van der Waals surface area contributed by atoms with Crippen molar-refractivity contribution in [3.8, 4) is 0 Å². The molecule has 0 bridgehead atoms. The molecule has 0 fully saturated rings. The summed E-state index contributed by atoms with van der Waals surface area (Å²) < 4.78 is 38.2. The van der Waals surface area contributed by atoms with Crippen LogP contribution in [0.25, 0.3) is 0 Å². The van der Waals surface area contributed by atoms with Gasteiger partial charge in [0.15, 0.2) is 0 Å². The van der Waals surface area contributed by atoms with E-state index in [-0.39, 0.29) is 5.91 Å². The van der Waals surface area contributed by atoms with Gasteiger partial charge in [-0.1, -0.05) is 71.6 Å². The number of rotatable bonds is 14. The molecule has 0 spiro atoms. The summed E-state index contributed by atoms with van der Waals surface area (Å²) in [4.78, 5) is 14.7. The summed E-state index contributed by atoms with van der Waals surface area (Å²) in [6.45, 7) is 5.71. The molecule has 160 valence electrons. The summed E-state index contributed by atoms with van der Waals surface area (Å²) in [5.74, 6) is -0.155. The van der Waals surface area contributed by atoms with Crippen LogP contribution in [0, 0.1) is 0 Å². The fourth-order valence-corrected chi connectivity index (χ4v) is 3.29. The quantitative estimate of drug-likeness (QED) is 0.297. The maximum absolute atomic E-state index is 12.8. The minimum absolute atomic E-state index is 0.155. The van der Waals surface area contributed by atoms with Crippen LogP contribution in [0.5, 0.6) is 0 Å². The van der Waals surface area contributed by atoms with Gasteiger partial charge in [-0.25, -0.2) is 0 Å². The minimum atomic E-state index is -4.38. The van der Waals surface area contributed by atoms with E-state index in [1.807, 2.05) is 4.90 Å². The van der Waals surface area contributed by atoms with Crippen molar-refractivity contribution in [2.75, 3.05) is 13.1 Å². The first-order valence-corrected chi connectivity index (χ1v) is 10.9. The number of nitrogens with zero attached hydrogens (tertiary/aromatic N) is 1. The normalized spacial score (nSPS) is 11.6. The Balaban J connectivity index is 2.63. The summed E-state index contributed by atoms with van der Waals surface area (Å²) in [5.41, 5.74) is -0.376. The molecular weight excluding hydrogens is 363 g/mol. The van der Waals surface area contributed by atoms with Crippen LogP contribution in [0.3, 0.4) is 0 Å². The number of hydrogen-bond acceptors (Lipinski definition) is 1. The maximum Gasteiger partial charge on any atom is 0.416 e. The SMILES string of the molecule is CCCCCCCCN(CCCCCCC)C(=O)c1ccc(C(F)(F)F)cc1. The van der Waals surface area contributed by atoms with E-state index in [9.17, 15) is 18.0 Å². The molecule has 0 radical (unpaired) electrons. The molecule has 1 amide bonds. The average molecular weight is 400 g/mol. The fourth-order valence-electron chi connectivity index (χ4n) is 3.29. The second-order valence-corrected chi connectivity index (χ2v) is 7.55. The van der Waals surface area contributed by atoms with Crippen LogP contribution in [-0.2, 0) is 6.18 Å². The minimum Gasteiger partial charge on any atom is -0.339 e. The molecule has 1 rings (SSSR count). The number of carbonyl (C=O) groups is 1. The number of halogens is 3. The maximum atomic E-state index is 12.8. The van der Waals surface area contributed by atoms with Gasteiger partial charge in [0, 0.05) is 18.7 Å². The van der Waals surface area contributed by atoms with Crippen molar-refractivity contribution in [2.24, 2.45) is 0 Å². The van der Waals surface area contributed by atoms with Crippen LogP contribution in [0.1, 0.15) is 100 Å². The van der Waals surface area contributed by atoms with Gasteiger partial charge in [-0.2, -0.15) is 13.2 Å². The highest BCUT2D eigenvalue weighted by molar-refractivity contribution is 5.94. The van der Waals surface area contributed by atoms with Gasteiger partial charge in [-0.3, -0.25) is 4.79 Å². The second-order valence-electron chi connectivity index (χ2n) is 7.55. The van der Waals surface area contributed by atoms with E-state index < -0.39 is 11.7 Å². The van der Waals surface area contributed by atoms with Gasteiger partial charge in [-0.05, 0) is 37.1 Å². The molecule has 0 aliphatic carbocycles. The molecular formula is C23H36F3NO. The molecule has 0 atom stereocenters. The molecule has 0 aliphatic rings. The van der Waals surface area contributed by atoms with Crippen molar-refractivity contribution in [2.45, 2.75) is 90.7 Å². The molecule has 0 saturated carbocycles. The number of alkyl halides is 3. The van der Waals surface area contributed by atoms with Gasteiger partial charge in [0.25, 0.3) is 5.91 Å². The predicted molar refractivity (Wildman–Crippen MR) is 109 cm³/mol. The Morgan fingerprint density at radius 1 is 0.750 bits per heavy atom. The summed E-state index contributed by atoms with van der Waals surface area (Å²) in [7, 11) is 0. The molecule has 1 aromatic carbocycles. The Hall–Kier alpha value is -1.52. The third-order valence-electron chi connectivity index (χ3n) is 5.06. The fraction of sp³-hybridized carbons (Fsp3) is 0.696. The van der Waals surface area contributed by atoms with E-state index in [2.05, 4.69) is 13.8 Å². The average Bonchev–Trinajstić information content (AvgIpc) is 2.67. The van der Waals surface area contributed by atoms with Crippen molar-refractivity contribution < 1.29 is 18.0 Å². The third kappa shape index (κ3) is 9.61. The zero-order valence-corrected chi connectivity index (χ0v) is 17.5. The van der Waals surface area contributed by atoms with Gasteiger partial charge in [0.2, 0.25) is 0 Å². The summed E-state index contributed by atoms with van der Waals surface area (Å²) >= 11 is 0. The molecule has 0 aliphatic heterocycles. The van der Waals surface area contributed by atoms with Gasteiger partial charge in [0.05, 0.1) is 5.56 Å². The number of benzene rings is 1. The number of carbonyl (C=O) groups excluding carboxylic acids is 1. The van der Waals surface area contributed by atoms with Gasteiger partial charge in [-0.15, -0.1) is 0 Å². The molecule has 5 heteroatoms. The number of amides is 1. The topological polar surface area (TPSA) is 20.3 Å². The summed E-state index contributed by atoms with van der Waals surface area (Å²) in [6.07, 6.45) is 8.07. The first-order valence-electron chi connectivity index (χ1n) is 10.9. The molecule has 0 heterocycles. The van der Waals surface area contributed by atoms with Crippen LogP contribution in [-0.4, -0.2) is 23.9 Å². The lowest BCUT2D eigenvalue weighted by molar-refractivity contribution is -0.137.